The third-order valence-electron chi connectivity index (χ3n) is 5.76. The molecule has 2 aliphatic heterocycles. The summed E-state index contributed by atoms with van der Waals surface area (Å²) in [6.07, 6.45) is 9.21. The van der Waals surface area contributed by atoms with Crippen molar-refractivity contribution in [1.82, 2.24) is 19.5 Å². The van der Waals surface area contributed by atoms with Crippen LogP contribution in [0, 0.1) is 0 Å². The van der Waals surface area contributed by atoms with Crippen LogP contribution in [0.15, 0.2) is 35.3 Å². The standard InChI is InChI=1S/C20H24N4O/c1-20(2,3)18-9-19-21-10-15-16-5-4-14(8-17(15)24(19)22-18)23(16)11-13-6-7-25-12-13/h6-7,9-10,12,14,16H,4-5,8,11H2,1-3H3/t14-,16-/m1/s1. The third kappa shape index (κ3) is 2.33. The summed E-state index contributed by atoms with van der Waals surface area (Å²) in [6, 6.07) is 5.24. The van der Waals surface area contributed by atoms with Crippen molar-refractivity contribution >= 4 is 5.65 Å². The minimum atomic E-state index is 0.0432. The Bertz CT molecular complexity index is 919. The van der Waals surface area contributed by atoms with Crippen LogP contribution >= 0.6 is 0 Å². The molecule has 0 spiro atoms. The van der Waals surface area contributed by atoms with Gasteiger partial charge >= 0.3 is 0 Å². The Morgan fingerprint density at radius 3 is 2.92 bits per heavy atom. The Balaban J connectivity index is 1.57. The number of nitrogens with zero attached hydrogens (tertiary/aromatic N) is 4. The number of rotatable bonds is 2. The molecule has 1 saturated heterocycles. The zero-order valence-corrected chi connectivity index (χ0v) is 15.1. The first-order valence-corrected chi connectivity index (χ1v) is 9.15. The highest BCUT2D eigenvalue weighted by Crippen LogP contribution is 2.44. The van der Waals surface area contributed by atoms with Gasteiger partial charge in [-0.1, -0.05) is 20.8 Å². The van der Waals surface area contributed by atoms with Crippen LogP contribution in [0.2, 0.25) is 0 Å². The predicted molar refractivity (Wildman–Crippen MR) is 95.4 cm³/mol. The molecule has 5 nitrogen and oxygen atoms in total. The summed E-state index contributed by atoms with van der Waals surface area (Å²) < 4.78 is 7.36. The zero-order chi connectivity index (χ0) is 17.2. The topological polar surface area (TPSA) is 46.6 Å². The van der Waals surface area contributed by atoms with Crippen LogP contribution < -0.4 is 0 Å². The highest BCUT2D eigenvalue weighted by atomic mass is 16.3. The lowest BCUT2D eigenvalue weighted by Crippen LogP contribution is -2.38. The zero-order valence-electron chi connectivity index (χ0n) is 15.1. The fourth-order valence-corrected chi connectivity index (χ4v) is 4.39. The average molecular weight is 336 g/mol. The van der Waals surface area contributed by atoms with Crippen molar-refractivity contribution in [3.8, 4) is 0 Å². The van der Waals surface area contributed by atoms with Gasteiger partial charge in [-0.3, -0.25) is 4.90 Å². The van der Waals surface area contributed by atoms with Crippen LogP contribution in [-0.4, -0.2) is 25.5 Å². The van der Waals surface area contributed by atoms with Crippen LogP contribution in [0.3, 0.4) is 0 Å². The van der Waals surface area contributed by atoms with Gasteiger partial charge in [-0.2, -0.15) is 5.10 Å². The SMILES string of the molecule is CC(C)(C)c1cc2ncc3c(n2n1)C[C@H]1CC[C@H]3N1Cc1ccoc1. The first-order valence-electron chi connectivity index (χ1n) is 9.15. The van der Waals surface area contributed by atoms with E-state index in [1.165, 1.54) is 29.7 Å². The van der Waals surface area contributed by atoms with Gasteiger partial charge in [0.25, 0.3) is 0 Å². The second-order valence-electron chi connectivity index (χ2n) is 8.46. The Labute approximate surface area is 147 Å². The maximum atomic E-state index is 5.26. The molecule has 3 aromatic heterocycles. The van der Waals surface area contributed by atoms with E-state index in [2.05, 4.69) is 48.5 Å². The van der Waals surface area contributed by atoms with Crippen molar-refractivity contribution in [2.24, 2.45) is 0 Å². The number of aromatic nitrogens is 3. The fraction of sp³-hybridized carbons (Fsp3) is 0.500. The average Bonchev–Trinajstić information content (AvgIpc) is 3.27. The third-order valence-corrected chi connectivity index (χ3v) is 5.76. The van der Waals surface area contributed by atoms with E-state index in [1.807, 2.05) is 6.26 Å². The summed E-state index contributed by atoms with van der Waals surface area (Å²) in [6.45, 7) is 7.57. The summed E-state index contributed by atoms with van der Waals surface area (Å²) in [4.78, 5) is 7.35. The summed E-state index contributed by atoms with van der Waals surface area (Å²) in [5.41, 5.74) is 6.10. The molecule has 1 fully saturated rings. The van der Waals surface area contributed by atoms with E-state index in [0.29, 0.717) is 12.1 Å². The molecule has 130 valence electrons. The van der Waals surface area contributed by atoms with Gasteiger partial charge in [0.05, 0.1) is 23.9 Å². The molecule has 5 heteroatoms. The van der Waals surface area contributed by atoms with E-state index < -0.39 is 0 Å². The van der Waals surface area contributed by atoms with E-state index in [9.17, 15) is 0 Å². The molecule has 0 unspecified atom stereocenters. The molecule has 5 rings (SSSR count). The molecule has 0 N–H and O–H groups in total. The molecule has 0 aromatic carbocycles. The van der Waals surface area contributed by atoms with Gasteiger partial charge in [-0.25, -0.2) is 9.50 Å². The summed E-state index contributed by atoms with van der Waals surface area (Å²) >= 11 is 0. The van der Waals surface area contributed by atoms with Crippen molar-refractivity contribution < 1.29 is 4.42 Å². The Kier molecular flexibility index (Phi) is 3.14. The van der Waals surface area contributed by atoms with E-state index in [0.717, 1.165) is 24.3 Å². The van der Waals surface area contributed by atoms with Gasteiger partial charge < -0.3 is 4.42 Å². The van der Waals surface area contributed by atoms with Crippen molar-refractivity contribution in [1.29, 1.82) is 0 Å². The normalized spacial score (nSPS) is 23.3. The molecule has 2 atom stereocenters. The smallest absolute Gasteiger partial charge is 0.155 e. The Hall–Kier alpha value is -2.14. The van der Waals surface area contributed by atoms with Crippen molar-refractivity contribution in [2.45, 2.75) is 64.1 Å². The summed E-state index contributed by atoms with van der Waals surface area (Å²) in [5, 5.41) is 4.92. The molecule has 0 amide bonds. The van der Waals surface area contributed by atoms with E-state index in [-0.39, 0.29) is 5.41 Å². The summed E-state index contributed by atoms with van der Waals surface area (Å²) in [7, 11) is 0. The molecule has 0 saturated carbocycles. The van der Waals surface area contributed by atoms with Crippen molar-refractivity contribution in [3.05, 3.63) is 53.4 Å². The first kappa shape index (κ1) is 15.1. The van der Waals surface area contributed by atoms with E-state index >= 15 is 0 Å². The second kappa shape index (κ2) is 5.18. The van der Waals surface area contributed by atoms with E-state index in [4.69, 9.17) is 14.5 Å². The van der Waals surface area contributed by atoms with Crippen LogP contribution in [0.4, 0.5) is 0 Å². The van der Waals surface area contributed by atoms with E-state index in [1.54, 1.807) is 6.26 Å². The fourth-order valence-electron chi connectivity index (χ4n) is 4.39. The maximum absolute atomic E-state index is 5.26. The molecule has 0 radical (unpaired) electrons. The quantitative estimate of drug-likeness (QED) is 0.712. The number of furan rings is 1. The molecule has 5 heterocycles. The second-order valence-corrected chi connectivity index (χ2v) is 8.46. The minimum Gasteiger partial charge on any atom is -0.472 e. The van der Waals surface area contributed by atoms with Gasteiger partial charge in [0.1, 0.15) is 0 Å². The van der Waals surface area contributed by atoms with Gasteiger partial charge in [-0.15, -0.1) is 0 Å². The van der Waals surface area contributed by atoms with Crippen LogP contribution in [-0.2, 0) is 18.4 Å². The molecule has 25 heavy (non-hydrogen) atoms. The number of hydrogen-bond donors (Lipinski definition) is 0. The molecule has 2 bridgehead atoms. The van der Waals surface area contributed by atoms with Crippen LogP contribution in [0.1, 0.15) is 62.2 Å². The Morgan fingerprint density at radius 2 is 2.16 bits per heavy atom. The molecule has 3 aromatic rings. The maximum Gasteiger partial charge on any atom is 0.155 e. The van der Waals surface area contributed by atoms with Crippen molar-refractivity contribution in [2.75, 3.05) is 0 Å². The monoisotopic (exact) mass is 336 g/mol. The number of fused-ring (bicyclic) bond motifs is 6. The minimum absolute atomic E-state index is 0.0432. The molecule has 2 aliphatic rings. The van der Waals surface area contributed by atoms with Gasteiger partial charge in [0, 0.05) is 53.9 Å². The lowest BCUT2D eigenvalue weighted by Gasteiger charge is -2.35. The lowest BCUT2D eigenvalue weighted by molar-refractivity contribution is 0.164. The predicted octanol–water partition coefficient (Wildman–Crippen LogP) is 3.88. The number of hydrogen-bond acceptors (Lipinski definition) is 4. The first-order chi connectivity index (χ1) is 12.0. The molecular weight excluding hydrogens is 312 g/mol. The van der Waals surface area contributed by atoms with Gasteiger partial charge in [0.15, 0.2) is 5.65 Å². The lowest BCUT2D eigenvalue weighted by atomic mass is 9.93. The van der Waals surface area contributed by atoms with Crippen LogP contribution in [0.5, 0.6) is 0 Å². The van der Waals surface area contributed by atoms with Gasteiger partial charge in [0.2, 0.25) is 0 Å². The van der Waals surface area contributed by atoms with Crippen LogP contribution in [0.25, 0.3) is 5.65 Å². The highest BCUT2D eigenvalue weighted by Gasteiger charge is 2.41. The molecule has 0 aliphatic carbocycles. The van der Waals surface area contributed by atoms with Crippen molar-refractivity contribution in [3.63, 3.8) is 0 Å². The van der Waals surface area contributed by atoms with Gasteiger partial charge in [-0.05, 0) is 18.9 Å². The largest absolute Gasteiger partial charge is 0.472 e. The summed E-state index contributed by atoms with van der Waals surface area (Å²) in [5.74, 6) is 0. The molecular formula is C20H24N4O. The Morgan fingerprint density at radius 1 is 1.28 bits per heavy atom. The highest BCUT2D eigenvalue weighted by molar-refractivity contribution is 5.45.